The van der Waals surface area contributed by atoms with Crippen molar-refractivity contribution >= 4 is 0 Å². The van der Waals surface area contributed by atoms with E-state index in [1.54, 1.807) is 0 Å². The van der Waals surface area contributed by atoms with E-state index < -0.39 is 0 Å². The first-order valence-corrected chi connectivity index (χ1v) is 9.05. The average molecular weight is 279 g/mol. The predicted molar refractivity (Wildman–Crippen MR) is 83.6 cm³/mol. The Morgan fingerprint density at radius 1 is 1.05 bits per heavy atom. The zero-order chi connectivity index (χ0) is 14.1. The molecule has 3 aliphatic rings. The quantitative estimate of drug-likeness (QED) is 0.830. The SMILES string of the molecule is CCCC1CCC(O)C(N(C)CC2CC3CCC2C3)C1. The minimum absolute atomic E-state index is 0.0771. The van der Waals surface area contributed by atoms with Crippen LogP contribution in [0.1, 0.15) is 64.7 Å². The van der Waals surface area contributed by atoms with Crippen molar-refractivity contribution in [3.8, 4) is 0 Å². The fraction of sp³-hybridized carbons (Fsp3) is 1.00. The molecule has 0 aromatic heterocycles. The summed E-state index contributed by atoms with van der Waals surface area (Å²) in [5, 5.41) is 10.4. The maximum absolute atomic E-state index is 10.4. The van der Waals surface area contributed by atoms with Gasteiger partial charge >= 0.3 is 0 Å². The first-order chi connectivity index (χ1) is 9.67. The first-order valence-electron chi connectivity index (χ1n) is 9.05. The van der Waals surface area contributed by atoms with Crippen LogP contribution in [0.2, 0.25) is 0 Å². The van der Waals surface area contributed by atoms with Gasteiger partial charge in [-0.2, -0.15) is 0 Å². The van der Waals surface area contributed by atoms with E-state index in [9.17, 15) is 5.11 Å². The van der Waals surface area contributed by atoms with E-state index in [4.69, 9.17) is 0 Å². The molecule has 0 amide bonds. The van der Waals surface area contributed by atoms with Crippen LogP contribution >= 0.6 is 0 Å². The maximum atomic E-state index is 10.4. The third-order valence-corrected chi connectivity index (χ3v) is 6.56. The second-order valence-electron chi connectivity index (χ2n) is 7.98. The van der Waals surface area contributed by atoms with Crippen LogP contribution in [0.3, 0.4) is 0 Å². The lowest BCUT2D eigenvalue weighted by molar-refractivity contribution is 0.00379. The summed E-state index contributed by atoms with van der Waals surface area (Å²) in [6.45, 7) is 3.53. The summed E-state index contributed by atoms with van der Waals surface area (Å²) in [7, 11) is 2.27. The Kier molecular flexibility index (Phi) is 4.72. The molecule has 6 unspecified atom stereocenters. The highest BCUT2D eigenvalue weighted by molar-refractivity contribution is 4.93. The molecule has 0 aromatic carbocycles. The van der Waals surface area contributed by atoms with Gasteiger partial charge in [0.2, 0.25) is 0 Å². The lowest BCUT2D eigenvalue weighted by atomic mass is 9.80. The van der Waals surface area contributed by atoms with Crippen molar-refractivity contribution in [3.63, 3.8) is 0 Å². The van der Waals surface area contributed by atoms with Crippen molar-refractivity contribution in [2.75, 3.05) is 13.6 Å². The van der Waals surface area contributed by atoms with Crippen LogP contribution in [0.4, 0.5) is 0 Å². The molecule has 0 heterocycles. The zero-order valence-corrected chi connectivity index (χ0v) is 13.4. The topological polar surface area (TPSA) is 23.5 Å². The summed E-state index contributed by atoms with van der Waals surface area (Å²) in [6, 6.07) is 0.430. The molecule has 3 aliphatic carbocycles. The number of aliphatic hydroxyl groups is 1. The molecule has 2 nitrogen and oxygen atoms in total. The molecule has 0 radical (unpaired) electrons. The molecule has 0 aromatic rings. The molecular weight excluding hydrogens is 246 g/mol. The number of hydrogen-bond donors (Lipinski definition) is 1. The Bertz CT molecular complexity index is 319. The molecule has 116 valence electrons. The first kappa shape index (κ1) is 14.8. The molecule has 3 fully saturated rings. The minimum atomic E-state index is -0.0771. The fourth-order valence-electron chi connectivity index (χ4n) is 5.46. The summed E-state index contributed by atoms with van der Waals surface area (Å²) in [5.74, 6) is 3.84. The van der Waals surface area contributed by atoms with Gasteiger partial charge in [0.15, 0.2) is 0 Å². The van der Waals surface area contributed by atoms with Crippen molar-refractivity contribution in [3.05, 3.63) is 0 Å². The smallest absolute Gasteiger partial charge is 0.0695 e. The molecule has 2 heteroatoms. The normalized spacial score (nSPS) is 44.4. The number of nitrogens with zero attached hydrogens (tertiary/aromatic N) is 1. The molecule has 0 spiro atoms. The zero-order valence-electron chi connectivity index (χ0n) is 13.4. The van der Waals surface area contributed by atoms with Crippen molar-refractivity contribution < 1.29 is 5.11 Å². The van der Waals surface area contributed by atoms with Crippen LogP contribution < -0.4 is 0 Å². The molecular formula is C18H33NO. The van der Waals surface area contributed by atoms with Gasteiger partial charge in [-0.25, -0.2) is 0 Å². The highest BCUT2D eigenvalue weighted by atomic mass is 16.3. The number of fused-ring (bicyclic) bond motifs is 2. The molecule has 0 aliphatic heterocycles. The van der Waals surface area contributed by atoms with Gasteiger partial charge in [0.25, 0.3) is 0 Å². The van der Waals surface area contributed by atoms with E-state index in [-0.39, 0.29) is 6.10 Å². The van der Waals surface area contributed by atoms with Crippen molar-refractivity contribution in [2.24, 2.45) is 23.7 Å². The summed E-state index contributed by atoms with van der Waals surface area (Å²) < 4.78 is 0. The van der Waals surface area contributed by atoms with E-state index in [1.807, 2.05) is 0 Å². The Balaban J connectivity index is 1.53. The molecule has 3 rings (SSSR count). The summed E-state index contributed by atoms with van der Waals surface area (Å²) >= 11 is 0. The highest BCUT2D eigenvalue weighted by Gasteiger charge is 2.41. The van der Waals surface area contributed by atoms with E-state index in [0.29, 0.717) is 6.04 Å². The Labute approximate surface area is 124 Å². The number of likely N-dealkylation sites (N-methyl/N-ethyl adjacent to an activating group) is 1. The molecule has 0 saturated heterocycles. The molecule has 6 atom stereocenters. The minimum Gasteiger partial charge on any atom is -0.391 e. The lowest BCUT2D eigenvalue weighted by Gasteiger charge is -2.40. The largest absolute Gasteiger partial charge is 0.391 e. The Morgan fingerprint density at radius 2 is 1.90 bits per heavy atom. The van der Waals surface area contributed by atoms with Gasteiger partial charge in [-0.05, 0) is 69.2 Å². The van der Waals surface area contributed by atoms with Gasteiger partial charge in [0.05, 0.1) is 6.10 Å². The second kappa shape index (κ2) is 6.36. The van der Waals surface area contributed by atoms with Crippen LogP contribution in [-0.2, 0) is 0 Å². The van der Waals surface area contributed by atoms with Crippen LogP contribution in [0.5, 0.6) is 0 Å². The standard InChI is InChI=1S/C18H33NO/c1-3-4-13-6-8-18(20)17(11-13)19(2)12-16-10-14-5-7-15(16)9-14/h13-18,20H,3-12H2,1-2H3. The van der Waals surface area contributed by atoms with Gasteiger partial charge in [-0.1, -0.05) is 26.2 Å². The van der Waals surface area contributed by atoms with E-state index >= 15 is 0 Å². The van der Waals surface area contributed by atoms with Crippen LogP contribution in [0.15, 0.2) is 0 Å². The van der Waals surface area contributed by atoms with Crippen molar-refractivity contribution in [1.82, 2.24) is 4.90 Å². The monoisotopic (exact) mass is 279 g/mol. The van der Waals surface area contributed by atoms with Gasteiger partial charge in [-0.3, -0.25) is 0 Å². The second-order valence-corrected chi connectivity index (χ2v) is 7.98. The van der Waals surface area contributed by atoms with Crippen molar-refractivity contribution in [2.45, 2.75) is 76.9 Å². The number of aliphatic hydroxyl groups excluding tert-OH is 1. The van der Waals surface area contributed by atoms with Gasteiger partial charge in [-0.15, -0.1) is 0 Å². The summed E-state index contributed by atoms with van der Waals surface area (Å²) in [6.07, 6.45) is 12.0. The third kappa shape index (κ3) is 3.06. The maximum Gasteiger partial charge on any atom is 0.0695 e. The Morgan fingerprint density at radius 3 is 2.55 bits per heavy atom. The molecule has 1 N–H and O–H groups in total. The van der Waals surface area contributed by atoms with E-state index in [0.717, 1.165) is 30.1 Å². The van der Waals surface area contributed by atoms with Crippen LogP contribution in [0, 0.1) is 23.7 Å². The van der Waals surface area contributed by atoms with Crippen LogP contribution in [-0.4, -0.2) is 35.7 Å². The molecule has 20 heavy (non-hydrogen) atoms. The summed E-state index contributed by atoms with van der Waals surface area (Å²) in [4.78, 5) is 2.53. The molecule has 2 bridgehead atoms. The predicted octanol–water partition coefficient (Wildman–Crippen LogP) is 3.68. The number of rotatable bonds is 5. The third-order valence-electron chi connectivity index (χ3n) is 6.56. The highest BCUT2D eigenvalue weighted by Crippen LogP contribution is 2.48. The van der Waals surface area contributed by atoms with E-state index in [2.05, 4.69) is 18.9 Å². The van der Waals surface area contributed by atoms with Gasteiger partial charge < -0.3 is 10.0 Å². The number of hydrogen-bond acceptors (Lipinski definition) is 2. The van der Waals surface area contributed by atoms with Crippen LogP contribution in [0.25, 0.3) is 0 Å². The fourth-order valence-corrected chi connectivity index (χ4v) is 5.46. The Hall–Kier alpha value is -0.0800. The average Bonchev–Trinajstić information content (AvgIpc) is 3.03. The summed E-state index contributed by atoms with van der Waals surface area (Å²) in [5.41, 5.74) is 0. The van der Waals surface area contributed by atoms with E-state index in [1.165, 1.54) is 57.9 Å². The van der Waals surface area contributed by atoms with Gasteiger partial charge in [0.1, 0.15) is 0 Å². The molecule has 3 saturated carbocycles. The van der Waals surface area contributed by atoms with Crippen molar-refractivity contribution in [1.29, 1.82) is 0 Å². The van der Waals surface area contributed by atoms with Gasteiger partial charge in [0, 0.05) is 12.6 Å². The lowest BCUT2D eigenvalue weighted by Crippen LogP contribution is -2.47.